The molecule has 0 atom stereocenters. The molecule has 0 aromatic heterocycles. The van der Waals surface area contributed by atoms with Gasteiger partial charge in [0.05, 0.1) is 5.75 Å². The summed E-state index contributed by atoms with van der Waals surface area (Å²) in [5, 5.41) is 3.26. The molecule has 1 aliphatic carbocycles. The molecule has 6 heteroatoms. The van der Waals surface area contributed by atoms with Crippen LogP contribution in [-0.4, -0.2) is 69.2 Å². The Morgan fingerprint density at radius 3 is 2.50 bits per heavy atom. The quantitative estimate of drug-likeness (QED) is 0.699. The normalized spacial score (nSPS) is 23.9. The summed E-state index contributed by atoms with van der Waals surface area (Å²) < 4.78 is 25.4. The number of rotatable bonds is 5. The maximum absolute atomic E-state index is 11.9. The number of sulfonamides is 1. The molecule has 0 aromatic rings. The van der Waals surface area contributed by atoms with E-state index in [0.29, 0.717) is 6.54 Å². The van der Waals surface area contributed by atoms with Crippen molar-refractivity contribution in [3.05, 3.63) is 0 Å². The van der Waals surface area contributed by atoms with Gasteiger partial charge in [-0.1, -0.05) is 0 Å². The molecule has 2 rings (SSSR count). The van der Waals surface area contributed by atoms with Crippen LogP contribution in [0.3, 0.4) is 0 Å². The van der Waals surface area contributed by atoms with E-state index in [1.807, 2.05) is 0 Å². The third kappa shape index (κ3) is 3.16. The zero-order valence-electron chi connectivity index (χ0n) is 9.85. The molecule has 0 bridgehead atoms. The Balaban J connectivity index is 1.78. The molecule has 0 radical (unpaired) electrons. The summed E-state index contributed by atoms with van der Waals surface area (Å²) in [6, 6.07) is 0.285. The second kappa shape index (κ2) is 5.00. The first-order valence-corrected chi connectivity index (χ1v) is 7.59. The van der Waals surface area contributed by atoms with E-state index in [1.165, 1.54) is 0 Å². The third-order valence-electron chi connectivity index (χ3n) is 3.37. The van der Waals surface area contributed by atoms with Gasteiger partial charge in [-0.25, -0.2) is 12.7 Å². The highest BCUT2D eigenvalue weighted by Gasteiger charge is 2.33. The van der Waals surface area contributed by atoms with Crippen LogP contribution < -0.4 is 5.32 Å². The van der Waals surface area contributed by atoms with Gasteiger partial charge in [0.25, 0.3) is 0 Å². The smallest absolute Gasteiger partial charge is 0.215 e. The second-order valence-electron chi connectivity index (χ2n) is 4.66. The summed E-state index contributed by atoms with van der Waals surface area (Å²) in [5.41, 5.74) is 0. The SMILES string of the molecule is CN(C1CC1)S(=O)(=O)CCN1CCNCC1. The predicted molar refractivity (Wildman–Crippen MR) is 63.9 cm³/mol. The lowest BCUT2D eigenvalue weighted by atomic mass is 10.4. The Hall–Kier alpha value is -0.170. The summed E-state index contributed by atoms with van der Waals surface area (Å²) in [7, 11) is -1.31. The fourth-order valence-corrected chi connectivity index (χ4v) is 3.43. The Labute approximate surface area is 97.8 Å². The van der Waals surface area contributed by atoms with E-state index in [4.69, 9.17) is 0 Å². The molecule has 16 heavy (non-hydrogen) atoms. The number of nitrogens with one attached hydrogen (secondary N) is 1. The van der Waals surface area contributed by atoms with Gasteiger partial charge in [-0.3, -0.25) is 4.90 Å². The van der Waals surface area contributed by atoms with Crippen LogP contribution >= 0.6 is 0 Å². The molecule has 2 aliphatic rings. The standard InChI is InChI=1S/C10H21N3O2S/c1-12(10-2-3-10)16(14,15)9-8-13-6-4-11-5-7-13/h10-11H,2-9H2,1H3. The van der Waals surface area contributed by atoms with Gasteiger partial charge < -0.3 is 5.32 Å². The fraction of sp³-hybridized carbons (Fsp3) is 1.00. The predicted octanol–water partition coefficient (Wildman–Crippen LogP) is -0.684. The van der Waals surface area contributed by atoms with Crippen molar-refractivity contribution in [2.75, 3.05) is 45.5 Å². The topological polar surface area (TPSA) is 52.7 Å². The first-order chi connectivity index (χ1) is 7.59. The largest absolute Gasteiger partial charge is 0.314 e. The number of piperazine rings is 1. The Morgan fingerprint density at radius 2 is 1.94 bits per heavy atom. The van der Waals surface area contributed by atoms with Crippen molar-refractivity contribution in [1.82, 2.24) is 14.5 Å². The number of nitrogens with zero attached hydrogens (tertiary/aromatic N) is 2. The van der Waals surface area contributed by atoms with Crippen molar-refractivity contribution < 1.29 is 8.42 Å². The van der Waals surface area contributed by atoms with E-state index in [1.54, 1.807) is 11.4 Å². The molecule has 0 spiro atoms. The fourth-order valence-electron chi connectivity index (χ4n) is 1.99. The van der Waals surface area contributed by atoms with Gasteiger partial charge in [0.1, 0.15) is 0 Å². The number of hydrogen-bond donors (Lipinski definition) is 1. The Bertz CT molecular complexity index is 321. The zero-order chi connectivity index (χ0) is 11.6. The second-order valence-corrected chi connectivity index (χ2v) is 6.80. The maximum atomic E-state index is 11.9. The van der Waals surface area contributed by atoms with Gasteiger partial charge in [-0.05, 0) is 12.8 Å². The van der Waals surface area contributed by atoms with Gasteiger partial charge in [0, 0.05) is 45.8 Å². The van der Waals surface area contributed by atoms with Crippen molar-refractivity contribution in [2.24, 2.45) is 0 Å². The highest BCUT2D eigenvalue weighted by molar-refractivity contribution is 7.89. The molecule has 1 saturated heterocycles. The minimum absolute atomic E-state index is 0.264. The number of hydrogen-bond acceptors (Lipinski definition) is 4. The highest BCUT2D eigenvalue weighted by atomic mass is 32.2. The van der Waals surface area contributed by atoms with Crippen molar-refractivity contribution >= 4 is 10.0 Å². The molecular formula is C10H21N3O2S. The molecule has 1 N–H and O–H groups in total. The van der Waals surface area contributed by atoms with Crippen LogP contribution in [-0.2, 0) is 10.0 Å². The molecule has 0 unspecified atom stereocenters. The summed E-state index contributed by atoms with van der Waals surface area (Å²) in [6.07, 6.45) is 2.06. The average molecular weight is 247 g/mol. The van der Waals surface area contributed by atoms with Gasteiger partial charge in [0.2, 0.25) is 10.0 Å². The average Bonchev–Trinajstić information content (AvgIpc) is 3.11. The van der Waals surface area contributed by atoms with E-state index in [0.717, 1.165) is 39.0 Å². The van der Waals surface area contributed by atoms with Crippen LogP contribution in [0.2, 0.25) is 0 Å². The van der Waals surface area contributed by atoms with Crippen molar-refractivity contribution in [2.45, 2.75) is 18.9 Å². The van der Waals surface area contributed by atoms with Crippen molar-refractivity contribution in [1.29, 1.82) is 0 Å². The lowest BCUT2D eigenvalue weighted by Crippen LogP contribution is -2.46. The lowest BCUT2D eigenvalue weighted by Gasteiger charge is -2.27. The van der Waals surface area contributed by atoms with Crippen molar-refractivity contribution in [3.63, 3.8) is 0 Å². The third-order valence-corrected chi connectivity index (χ3v) is 5.25. The highest BCUT2D eigenvalue weighted by Crippen LogP contribution is 2.27. The molecule has 2 fully saturated rings. The molecular weight excluding hydrogens is 226 g/mol. The molecule has 1 aliphatic heterocycles. The molecule has 94 valence electrons. The molecule has 0 aromatic carbocycles. The molecule has 1 saturated carbocycles. The van der Waals surface area contributed by atoms with Crippen LogP contribution in [0, 0.1) is 0 Å². The van der Waals surface area contributed by atoms with Crippen LogP contribution in [0.1, 0.15) is 12.8 Å². The zero-order valence-corrected chi connectivity index (χ0v) is 10.7. The van der Waals surface area contributed by atoms with Crippen LogP contribution in [0.5, 0.6) is 0 Å². The summed E-state index contributed by atoms with van der Waals surface area (Å²) >= 11 is 0. The maximum Gasteiger partial charge on any atom is 0.215 e. The van der Waals surface area contributed by atoms with Gasteiger partial charge in [-0.2, -0.15) is 0 Å². The molecule has 0 amide bonds. The molecule has 5 nitrogen and oxygen atoms in total. The van der Waals surface area contributed by atoms with Crippen LogP contribution in [0.25, 0.3) is 0 Å². The van der Waals surface area contributed by atoms with E-state index < -0.39 is 10.0 Å². The summed E-state index contributed by atoms with van der Waals surface area (Å²) in [4.78, 5) is 2.22. The van der Waals surface area contributed by atoms with Gasteiger partial charge >= 0.3 is 0 Å². The van der Waals surface area contributed by atoms with Crippen molar-refractivity contribution in [3.8, 4) is 0 Å². The summed E-state index contributed by atoms with van der Waals surface area (Å²) in [5.74, 6) is 0.264. The van der Waals surface area contributed by atoms with E-state index in [-0.39, 0.29) is 11.8 Å². The minimum atomic E-state index is -3.03. The summed E-state index contributed by atoms with van der Waals surface area (Å²) in [6.45, 7) is 4.53. The van der Waals surface area contributed by atoms with Gasteiger partial charge in [-0.15, -0.1) is 0 Å². The Kier molecular flexibility index (Phi) is 3.84. The first-order valence-electron chi connectivity index (χ1n) is 5.98. The lowest BCUT2D eigenvalue weighted by molar-refractivity contribution is 0.252. The monoisotopic (exact) mass is 247 g/mol. The van der Waals surface area contributed by atoms with E-state index in [9.17, 15) is 8.42 Å². The van der Waals surface area contributed by atoms with Crippen LogP contribution in [0.4, 0.5) is 0 Å². The van der Waals surface area contributed by atoms with Crippen LogP contribution in [0.15, 0.2) is 0 Å². The van der Waals surface area contributed by atoms with Gasteiger partial charge in [0.15, 0.2) is 0 Å². The first kappa shape index (κ1) is 12.3. The van der Waals surface area contributed by atoms with E-state index in [2.05, 4.69) is 10.2 Å². The molecule has 1 heterocycles. The Morgan fingerprint density at radius 1 is 1.31 bits per heavy atom. The minimum Gasteiger partial charge on any atom is -0.314 e. The van der Waals surface area contributed by atoms with E-state index >= 15 is 0 Å².